The van der Waals surface area contributed by atoms with Crippen LogP contribution in [0.4, 0.5) is 11.5 Å². The van der Waals surface area contributed by atoms with Crippen molar-refractivity contribution in [3.63, 3.8) is 0 Å². The molecule has 0 amide bonds. The van der Waals surface area contributed by atoms with E-state index < -0.39 is 0 Å². The lowest BCUT2D eigenvalue weighted by atomic mass is 10.0. The Kier molecular flexibility index (Phi) is 3.40. The first-order chi connectivity index (χ1) is 8.20. The highest BCUT2D eigenvalue weighted by Crippen LogP contribution is 2.23. The fourth-order valence-electron chi connectivity index (χ4n) is 1.50. The number of rotatable bonds is 3. The summed E-state index contributed by atoms with van der Waals surface area (Å²) < 4.78 is 0. The first-order valence-electron chi connectivity index (χ1n) is 5.41. The summed E-state index contributed by atoms with van der Waals surface area (Å²) in [5, 5.41) is 12.0. The maximum Gasteiger partial charge on any atom is 0.159 e. The average molecular weight is 243 g/mol. The summed E-state index contributed by atoms with van der Waals surface area (Å²) in [6.07, 6.45) is 0. The SMILES string of the molecule is CC(C)c1ccc(Nc2ncsc2C#N)cc1. The second-order valence-corrected chi connectivity index (χ2v) is 4.90. The molecule has 0 radical (unpaired) electrons. The van der Waals surface area contributed by atoms with Gasteiger partial charge in [0.15, 0.2) is 5.82 Å². The number of nitriles is 1. The van der Waals surface area contributed by atoms with Gasteiger partial charge in [-0.05, 0) is 23.6 Å². The number of nitrogens with one attached hydrogen (secondary N) is 1. The molecule has 0 fully saturated rings. The van der Waals surface area contributed by atoms with Crippen molar-refractivity contribution in [2.75, 3.05) is 5.32 Å². The number of thiazole rings is 1. The first kappa shape index (κ1) is 11.6. The molecule has 1 heterocycles. The van der Waals surface area contributed by atoms with Crippen molar-refractivity contribution < 1.29 is 0 Å². The molecule has 0 atom stereocenters. The molecular formula is C13H13N3S. The van der Waals surface area contributed by atoms with Crippen molar-refractivity contribution in [2.24, 2.45) is 0 Å². The van der Waals surface area contributed by atoms with Gasteiger partial charge in [0.05, 0.1) is 5.51 Å². The molecule has 0 saturated carbocycles. The summed E-state index contributed by atoms with van der Waals surface area (Å²) in [6.45, 7) is 4.33. The Bertz CT molecular complexity index is 535. The van der Waals surface area contributed by atoms with Crippen LogP contribution in [0.2, 0.25) is 0 Å². The van der Waals surface area contributed by atoms with E-state index in [9.17, 15) is 0 Å². The van der Waals surface area contributed by atoms with E-state index in [1.807, 2.05) is 12.1 Å². The monoisotopic (exact) mass is 243 g/mol. The van der Waals surface area contributed by atoms with Crippen LogP contribution in [-0.4, -0.2) is 4.98 Å². The third kappa shape index (κ3) is 2.63. The maximum absolute atomic E-state index is 8.88. The van der Waals surface area contributed by atoms with Crippen molar-refractivity contribution in [1.82, 2.24) is 4.98 Å². The third-order valence-electron chi connectivity index (χ3n) is 2.51. The van der Waals surface area contributed by atoms with Gasteiger partial charge in [-0.3, -0.25) is 0 Å². The van der Waals surface area contributed by atoms with Crippen molar-refractivity contribution in [2.45, 2.75) is 19.8 Å². The summed E-state index contributed by atoms with van der Waals surface area (Å²) in [5.41, 5.74) is 3.93. The van der Waals surface area contributed by atoms with Crippen LogP contribution in [0.25, 0.3) is 0 Å². The number of hydrogen-bond donors (Lipinski definition) is 1. The zero-order chi connectivity index (χ0) is 12.3. The van der Waals surface area contributed by atoms with E-state index >= 15 is 0 Å². The number of aromatic nitrogens is 1. The number of benzene rings is 1. The van der Waals surface area contributed by atoms with E-state index in [1.54, 1.807) is 5.51 Å². The molecule has 2 rings (SSSR count). The van der Waals surface area contributed by atoms with Gasteiger partial charge in [-0.15, -0.1) is 11.3 Å². The number of nitrogens with zero attached hydrogens (tertiary/aromatic N) is 2. The molecule has 17 heavy (non-hydrogen) atoms. The molecule has 0 aliphatic heterocycles. The van der Waals surface area contributed by atoms with Crippen molar-refractivity contribution in [1.29, 1.82) is 5.26 Å². The van der Waals surface area contributed by atoms with Crippen LogP contribution in [0.1, 0.15) is 30.2 Å². The molecule has 1 aromatic carbocycles. The lowest BCUT2D eigenvalue weighted by Crippen LogP contribution is -1.93. The smallest absolute Gasteiger partial charge is 0.159 e. The van der Waals surface area contributed by atoms with Gasteiger partial charge in [0.25, 0.3) is 0 Å². The molecule has 0 aliphatic carbocycles. The molecule has 0 spiro atoms. The van der Waals surface area contributed by atoms with Gasteiger partial charge in [0.1, 0.15) is 10.9 Å². The van der Waals surface area contributed by atoms with Crippen LogP contribution in [0.5, 0.6) is 0 Å². The second kappa shape index (κ2) is 4.98. The van der Waals surface area contributed by atoms with Crippen molar-refractivity contribution in [3.05, 3.63) is 40.2 Å². The van der Waals surface area contributed by atoms with Gasteiger partial charge in [-0.25, -0.2) is 4.98 Å². The average Bonchev–Trinajstić information content (AvgIpc) is 2.77. The van der Waals surface area contributed by atoms with E-state index in [1.165, 1.54) is 16.9 Å². The molecule has 2 aromatic rings. The van der Waals surface area contributed by atoms with E-state index in [-0.39, 0.29) is 0 Å². The third-order valence-corrected chi connectivity index (χ3v) is 3.24. The molecule has 3 nitrogen and oxygen atoms in total. The van der Waals surface area contributed by atoms with E-state index in [0.29, 0.717) is 16.6 Å². The fraction of sp³-hybridized carbons (Fsp3) is 0.231. The normalized spacial score (nSPS) is 10.2. The topological polar surface area (TPSA) is 48.7 Å². The quantitative estimate of drug-likeness (QED) is 0.889. The molecule has 1 aromatic heterocycles. The van der Waals surface area contributed by atoms with Crippen LogP contribution in [0.15, 0.2) is 29.8 Å². The predicted octanol–water partition coefficient (Wildman–Crippen LogP) is 3.88. The van der Waals surface area contributed by atoms with Gasteiger partial charge in [-0.2, -0.15) is 5.26 Å². The van der Waals surface area contributed by atoms with Gasteiger partial charge in [0.2, 0.25) is 0 Å². The van der Waals surface area contributed by atoms with Gasteiger partial charge >= 0.3 is 0 Å². The summed E-state index contributed by atoms with van der Waals surface area (Å²) in [5.74, 6) is 1.16. The molecule has 4 heteroatoms. The number of anilines is 2. The summed E-state index contributed by atoms with van der Waals surface area (Å²) in [6, 6.07) is 10.3. The molecule has 86 valence electrons. The Morgan fingerprint density at radius 1 is 1.29 bits per heavy atom. The van der Waals surface area contributed by atoms with Gasteiger partial charge in [-0.1, -0.05) is 26.0 Å². The van der Waals surface area contributed by atoms with Gasteiger partial charge < -0.3 is 5.32 Å². The molecule has 0 aliphatic rings. The summed E-state index contributed by atoms with van der Waals surface area (Å²) in [7, 11) is 0. The van der Waals surface area contributed by atoms with Crippen LogP contribution in [0, 0.1) is 11.3 Å². The molecule has 0 bridgehead atoms. The molecular weight excluding hydrogens is 230 g/mol. The molecule has 1 N–H and O–H groups in total. The largest absolute Gasteiger partial charge is 0.338 e. The highest BCUT2D eigenvalue weighted by Gasteiger charge is 2.05. The van der Waals surface area contributed by atoms with E-state index in [0.717, 1.165) is 5.69 Å². The summed E-state index contributed by atoms with van der Waals surface area (Å²) >= 11 is 1.34. The summed E-state index contributed by atoms with van der Waals surface area (Å²) in [4.78, 5) is 4.73. The standard InChI is InChI=1S/C13H13N3S/c1-9(2)10-3-5-11(6-4-10)16-13-12(7-14)17-8-15-13/h3-6,8-9,16H,1-2H3. The lowest BCUT2D eigenvalue weighted by molar-refractivity contribution is 0.867. The van der Waals surface area contributed by atoms with Crippen molar-refractivity contribution in [3.8, 4) is 6.07 Å². The molecule has 0 unspecified atom stereocenters. The van der Waals surface area contributed by atoms with Crippen LogP contribution < -0.4 is 5.32 Å². The van der Waals surface area contributed by atoms with Gasteiger partial charge in [0, 0.05) is 5.69 Å². The highest BCUT2D eigenvalue weighted by atomic mass is 32.1. The molecule has 0 saturated heterocycles. The maximum atomic E-state index is 8.88. The van der Waals surface area contributed by atoms with E-state index in [2.05, 4.69) is 42.4 Å². The fourth-order valence-corrected chi connectivity index (χ4v) is 2.03. The minimum Gasteiger partial charge on any atom is -0.338 e. The van der Waals surface area contributed by atoms with Crippen molar-refractivity contribution >= 4 is 22.8 Å². The Morgan fingerprint density at radius 2 is 2.00 bits per heavy atom. The first-order valence-corrected chi connectivity index (χ1v) is 6.29. The Labute approximate surface area is 105 Å². The second-order valence-electron chi connectivity index (χ2n) is 4.04. The van der Waals surface area contributed by atoms with Crippen LogP contribution in [0.3, 0.4) is 0 Å². The zero-order valence-corrected chi connectivity index (χ0v) is 10.6. The van der Waals surface area contributed by atoms with Crippen LogP contribution >= 0.6 is 11.3 Å². The highest BCUT2D eigenvalue weighted by molar-refractivity contribution is 7.10. The zero-order valence-electron chi connectivity index (χ0n) is 9.77. The number of hydrogen-bond acceptors (Lipinski definition) is 4. The minimum absolute atomic E-state index is 0.526. The Balaban J connectivity index is 2.17. The van der Waals surface area contributed by atoms with Crippen LogP contribution in [-0.2, 0) is 0 Å². The minimum atomic E-state index is 0.526. The Hall–Kier alpha value is -1.86. The Morgan fingerprint density at radius 3 is 2.59 bits per heavy atom. The van der Waals surface area contributed by atoms with E-state index in [4.69, 9.17) is 5.26 Å². The predicted molar refractivity (Wildman–Crippen MR) is 70.6 cm³/mol. The lowest BCUT2D eigenvalue weighted by Gasteiger charge is -2.07.